The number of rotatable bonds is 10. The van der Waals surface area contributed by atoms with Crippen LogP contribution in [0.3, 0.4) is 0 Å². The van der Waals surface area contributed by atoms with Crippen LogP contribution in [0.1, 0.15) is 42.9 Å². The molecule has 4 rings (SSSR count). The van der Waals surface area contributed by atoms with Crippen LogP contribution in [0.5, 0.6) is 5.75 Å². The van der Waals surface area contributed by atoms with Gasteiger partial charge in [0.1, 0.15) is 5.75 Å². The topological polar surface area (TPSA) is 87.7 Å². The quantitative estimate of drug-likeness (QED) is 0.438. The number of ether oxygens (including phenoxy) is 1. The van der Waals surface area contributed by atoms with Crippen molar-refractivity contribution in [1.29, 1.82) is 0 Å². The molecule has 37 heavy (non-hydrogen) atoms. The monoisotopic (exact) mass is 499 g/mol. The number of hydrogen-bond acceptors (Lipinski definition) is 4. The van der Waals surface area contributed by atoms with Gasteiger partial charge in [0.2, 0.25) is 11.8 Å². The molecule has 192 valence electrons. The summed E-state index contributed by atoms with van der Waals surface area (Å²) >= 11 is 0. The second-order valence-corrected chi connectivity index (χ2v) is 9.56. The highest BCUT2D eigenvalue weighted by Crippen LogP contribution is 2.27. The molecule has 1 heterocycles. The minimum absolute atomic E-state index is 0.0876. The summed E-state index contributed by atoms with van der Waals surface area (Å²) in [6, 6.07) is 24.9. The molecule has 0 aliphatic carbocycles. The van der Waals surface area contributed by atoms with Crippen LogP contribution in [-0.4, -0.2) is 30.9 Å². The second-order valence-electron chi connectivity index (χ2n) is 9.56. The lowest BCUT2D eigenvalue weighted by molar-refractivity contribution is -0.126. The van der Waals surface area contributed by atoms with E-state index in [4.69, 9.17) is 4.74 Å². The molecule has 3 aromatic carbocycles. The molecule has 7 nitrogen and oxygen atoms in total. The van der Waals surface area contributed by atoms with Gasteiger partial charge in [-0.05, 0) is 46.9 Å². The largest absolute Gasteiger partial charge is 0.484 e. The molecule has 1 aliphatic rings. The Hall–Kier alpha value is -4.13. The number of benzene rings is 3. The molecule has 0 unspecified atom stereocenters. The zero-order valence-electron chi connectivity index (χ0n) is 21.3. The summed E-state index contributed by atoms with van der Waals surface area (Å²) in [6.07, 6.45) is 0.179. The Morgan fingerprint density at radius 2 is 1.54 bits per heavy atom. The summed E-state index contributed by atoms with van der Waals surface area (Å²) in [5.74, 6) is 0.173. The van der Waals surface area contributed by atoms with Gasteiger partial charge >= 0.3 is 0 Å². The minimum Gasteiger partial charge on any atom is -0.484 e. The molecule has 1 fully saturated rings. The van der Waals surface area contributed by atoms with Crippen molar-refractivity contribution in [3.63, 3.8) is 0 Å². The summed E-state index contributed by atoms with van der Waals surface area (Å²) in [5.41, 5.74) is 4.01. The first-order valence-corrected chi connectivity index (χ1v) is 12.6. The highest BCUT2D eigenvalue weighted by molar-refractivity contribution is 6.00. The van der Waals surface area contributed by atoms with Crippen LogP contribution >= 0.6 is 0 Å². The van der Waals surface area contributed by atoms with Gasteiger partial charge in [0, 0.05) is 31.7 Å². The Morgan fingerprint density at radius 3 is 2.22 bits per heavy atom. The van der Waals surface area contributed by atoms with Gasteiger partial charge in [0.05, 0.1) is 5.92 Å². The first kappa shape index (κ1) is 25.9. The van der Waals surface area contributed by atoms with Gasteiger partial charge in [0.15, 0.2) is 6.61 Å². The van der Waals surface area contributed by atoms with Crippen LogP contribution in [0.25, 0.3) is 0 Å². The molecule has 0 aromatic heterocycles. The fourth-order valence-corrected chi connectivity index (χ4v) is 4.21. The molecular weight excluding hydrogens is 466 g/mol. The third-order valence-corrected chi connectivity index (χ3v) is 6.46. The number of amides is 3. The SMILES string of the molecule is CC(C)c1ccc(CNC(=O)[C@H]2CC(=O)N(c3ccc(OCC(=O)NCc4ccccc4)cc3)C2)cc1. The van der Waals surface area contributed by atoms with Crippen LogP contribution in [0, 0.1) is 5.92 Å². The van der Waals surface area contributed by atoms with Gasteiger partial charge in [-0.15, -0.1) is 0 Å². The van der Waals surface area contributed by atoms with Gasteiger partial charge in [-0.3, -0.25) is 14.4 Å². The second kappa shape index (κ2) is 12.2. The zero-order chi connectivity index (χ0) is 26.2. The Labute approximate surface area is 217 Å². The smallest absolute Gasteiger partial charge is 0.258 e. The summed E-state index contributed by atoms with van der Waals surface area (Å²) in [5, 5.41) is 5.78. The maximum absolute atomic E-state index is 12.7. The lowest BCUT2D eigenvalue weighted by Gasteiger charge is -2.17. The molecule has 0 saturated carbocycles. The van der Waals surface area contributed by atoms with Crippen molar-refractivity contribution >= 4 is 23.4 Å². The molecule has 7 heteroatoms. The molecule has 0 spiro atoms. The van der Waals surface area contributed by atoms with E-state index in [2.05, 4.69) is 36.6 Å². The normalized spacial score (nSPS) is 15.1. The third kappa shape index (κ3) is 7.19. The van der Waals surface area contributed by atoms with Crippen molar-refractivity contribution < 1.29 is 19.1 Å². The van der Waals surface area contributed by atoms with Crippen LogP contribution in [-0.2, 0) is 27.5 Å². The van der Waals surface area contributed by atoms with E-state index in [-0.39, 0.29) is 30.7 Å². The van der Waals surface area contributed by atoms with E-state index in [1.807, 2.05) is 42.5 Å². The van der Waals surface area contributed by atoms with E-state index in [0.717, 1.165) is 11.1 Å². The molecule has 0 bridgehead atoms. The summed E-state index contributed by atoms with van der Waals surface area (Å²) in [7, 11) is 0. The molecule has 3 amide bonds. The molecular formula is C30H33N3O4. The molecule has 3 aromatic rings. The van der Waals surface area contributed by atoms with Crippen molar-refractivity contribution in [1.82, 2.24) is 10.6 Å². The lowest BCUT2D eigenvalue weighted by Crippen LogP contribution is -2.32. The number of carbonyl (C=O) groups is 3. The minimum atomic E-state index is -0.397. The third-order valence-electron chi connectivity index (χ3n) is 6.46. The van der Waals surface area contributed by atoms with Crippen molar-refractivity contribution in [2.75, 3.05) is 18.1 Å². The predicted octanol–water partition coefficient (Wildman–Crippen LogP) is 4.17. The first-order chi connectivity index (χ1) is 17.9. The van der Waals surface area contributed by atoms with Gasteiger partial charge < -0.3 is 20.3 Å². The Kier molecular flexibility index (Phi) is 8.56. The fourth-order valence-electron chi connectivity index (χ4n) is 4.21. The number of nitrogens with zero attached hydrogens (tertiary/aromatic N) is 1. The summed E-state index contributed by atoms with van der Waals surface area (Å²) in [4.78, 5) is 39.0. The highest BCUT2D eigenvalue weighted by atomic mass is 16.5. The summed E-state index contributed by atoms with van der Waals surface area (Å²) in [6.45, 7) is 5.40. The lowest BCUT2D eigenvalue weighted by atomic mass is 10.0. The predicted molar refractivity (Wildman–Crippen MR) is 143 cm³/mol. The Bertz CT molecular complexity index is 1210. The van der Waals surface area contributed by atoms with Crippen LogP contribution in [0.4, 0.5) is 5.69 Å². The Balaban J connectivity index is 1.23. The maximum atomic E-state index is 12.7. The first-order valence-electron chi connectivity index (χ1n) is 12.6. The number of carbonyl (C=O) groups excluding carboxylic acids is 3. The fraction of sp³-hybridized carbons (Fsp3) is 0.300. The van der Waals surface area contributed by atoms with E-state index in [9.17, 15) is 14.4 Å². The van der Waals surface area contributed by atoms with E-state index in [0.29, 0.717) is 37.0 Å². The van der Waals surface area contributed by atoms with E-state index >= 15 is 0 Å². The van der Waals surface area contributed by atoms with Gasteiger partial charge in [0.25, 0.3) is 5.91 Å². The van der Waals surface area contributed by atoms with Crippen LogP contribution < -0.4 is 20.3 Å². The zero-order valence-corrected chi connectivity index (χ0v) is 21.3. The van der Waals surface area contributed by atoms with Crippen LogP contribution in [0.15, 0.2) is 78.9 Å². The van der Waals surface area contributed by atoms with Gasteiger partial charge in [-0.1, -0.05) is 68.4 Å². The van der Waals surface area contributed by atoms with E-state index < -0.39 is 5.92 Å². The van der Waals surface area contributed by atoms with Crippen molar-refractivity contribution in [3.05, 3.63) is 95.6 Å². The Morgan fingerprint density at radius 1 is 0.892 bits per heavy atom. The van der Waals surface area contributed by atoms with Crippen molar-refractivity contribution in [3.8, 4) is 5.75 Å². The molecule has 1 atom stereocenters. The van der Waals surface area contributed by atoms with Crippen molar-refractivity contribution in [2.24, 2.45) is 5.92 Å². The molecule has 0 radical (unpaired) electrons. The average molecular weight is 500 g/mol. The molecule has 1 aliphatic heterocycles. The van der Waals surface area contributed by atoms with Gasteiger partial charge in [-0.25, -0.2) is 0 Å². The maximum Gasteiger partial charge on any atom is 0.258 e. The number of anilines is 1. The highest BCUT2D eigenvalue weighted by Gasteiger charge is 2.35. The van der Waals surface area contributed by atoms with Gasteiger partial charge in [-0.2, -0.15) is 0 Å². The number of hydrogen-bond donors (Lipinski definition) is 2. The molecule has 2 N–H and O–H groups in total. The molecule has 1 saturated heterocycles. The number of nitrogens with one attached hydrogen (secondary N) is 2. The summed E-state index contributed by atoms with van der Waals surface area (Å²) < 4.78 is 5.57. The van der Waals surface area contributed by atoms with Crippen molar-refractivity contribution in [2.45, 2.75) is 39.3 Å². The standard InChI is InChI=1S/C30H33N3O4/c1-21(2)24-10-8-23(9-11-24)18-32-30(36)25-16-29(35)33(19-25)26-12-14-27(15-13-26)37-20-28(34)31-17-22-6-4-3-5-7-22/h3-15,21,25H,16-20H2,1-2H3,(H,31,34)(H,32,36)/t25-/m0/s1. The van der Waals surface area contributed by atoms with Crippen LogP contribution in [0.2, 0.25) is 0 Å². The average Bonchev–Trinajstić information content (AvgIpc) is 3.32. The van der Waals surface area contributed by atoms with E-state index in [1.54, 1.807) is 29.2 Å². The van der Waals surface area contributed by atoms with E-state index in [1.165, 1.54) is 5.56 Å².